The summed E-state index contributed by atoms with van der Waals surface area (Å²) in [5.41, 5.74) is 0. The maximum Gasteiger partial charge on any atom is 0.0695 e. The van der Waals surface area contributed by atoms with Gasteiger partial charge in [-0.3, -0.25) is 4.90 Å². The highest BCUT2D eigenvalue weighted by atomic mass is 16.3. The molecule has 1 heterocycles. The van der Waals surface area contributed by atoms with E-state index in [1.807, 2.05) is 0 Å². The van der Waals surface area contributed by atoms with Gasteiger partial charge in [-0.1, -0.05) is 13.3 Å². The van der Waals surface area contributed by atoms with Crippen molar-refractivity contribution in [3.63, 3.8) is 0 Å². The van der Waals surface area contributed by atoms with Crippen LogP contribution in [0, 0.1) is 5.92 Å². The predicted octanol–water partition coefficient (Wildman–Crippen LogP) is 1.95. The summed E-state index contributed by atoms with van der Waals surface area (Å²) in [5.74, 6) is 0.832. The van der Waals surface area contributed by atoms with Gasteiger partial charge in [0.25, 0.3) is 0 Å². The molecule has 2 fully saturated rings. The second-order valence-corrected chi connectivity index (χ2v) is 6.52. The maximum absolute atomic E-state index is 10.3. The van der Waals surface area contributed by atoms with Crippen molar-refractivity contribution in [3.8, 4) is 0 Å². The number of hydrogen-bond acceptors (Lipinski definition) is 3. The van der Waals surface area contributed by atoms with Crippen LogP contribution in [-0.4, -0.2) is 60.3 Å². The topological polar surface area (TPSA) is 26.7 Å². The molecule has 0 bridgehead atoms. The molecule has 18 heavy (non-hydrogen) atoms. The third-order valence-electron chi connectivity index (χ3n) is 4.89. The smallest absolute Gasteiger partial charge is 0.0695 e. The van der Waals surface area contributed by atoms with Gasteiger partial charge >= 0.3 is 0 Å². The van der Waals surface area contributed by atoms with Crippen LogP contribution in [0.1, 0.15) is 45.4 Å². The van der Waals surface area contributed by atoms with E-state index in [0.29, 0.717) is 12.1 Å². The van der Waals surface area contributed by atoms with Crippen LogP contribution >= 0.6 is 0 Å². The molecule has 3 heteroatoms. The minimum Gasteiger partial charge on any atom is -0.391 e. The molecule has 2 aliphatic rings. The molecule has 106 valence electrons. The Hall–Kier alpha value is -0.120. The molecule has 0 spiro atoms. The molecule has 1 N–H and O–H groups in total. The van der Waals surface area contributed by atoms with E-state index in [0.717, 1.165) is 18.9 Å². The van der Waals surface area contributed by atoms with Crippen LogP contribution in [0.25, 0.3) is 0 Å². The van der Waals surface area contributed by atoms with Crippen molar-refractivity contribution in [2.75, 3.05) is 27.2 Å². The zero-order chi connectivity index (χ0) is 13.1. The number of hydrogen-bond donors (Lipinski definition) is 1. The first kappa shape index (κ1) is 14.3. The number of aliphatic hydroxyl groups is 1. The van der Waals surface area contributed by atoms with Crippen molar-refractivity contribution in [1.29, 1.82) is 0 Å². The molecule has 4 unspecified atom stereocenters. The minimum absolute atomic E-state index is 0.0874. The Morgan fingerprint density at radius 2 is 2.00 bits per heavy atom. The average molecular weight is 254 g/mol. The fraction of sp³-hybridized carbons (Fsp3) is 1.00. The summed E-state index contributed by atoms with van der Waals surface area (Å²) >= 11 is 0. The maximum atomic E-state index is 10.3. The fourth-order valence-corrected chi connectivity index (χ4v) is 3.85. The normalized spacial score (nSPS) is 38.5. The lowest BCUT2D eigenvalue weighted by Gasteiger charge is -2.42. The first-order valence-electron chi connectivity index (χ1n) is 7.70. The van der Waals surface area contributed by atoms with Gasteiger partial charge in [0.2, 0.25) is 0 Å². The summed E-state index contributed by atoms with van der Waals surface area (Å²) in [6.45, 7) is 4.62. The highest BCUT2D eigenvalue weighted by Gasteiger charge is 2.38. The van der Waals surface area contributed by atoms with Crippen molar-refractivity contribution in [2.45, 2.75) is 63.6 Å². The number of likely N-dealkylation sites (N-methyl/N-ethyl adjacent to an activating group) is 1. The van der Waals surface area contributed by atoms with Gasteiger partial charge in [0.05, 0.1) is 6.10 Å². The molecule has 1 saturated carbocycles. The van der Waals surface area contributed by atoms with Gasteiger partial charge in [-0.15, -0.1) is 0 Å². The Bertz CT molecular complexity index is 257. The summed E-state index contributed by atoms with van der Waals surface area (Å²) in [4.78, 5) is 4.90. The highest BCUT2D eigenvalue weighted by Crippen LogP contribution is 2.33. The molecule has 1 aliphatic carbocycles. The zero-order valence-electron chi connectivity index (χ0n) is 12.3. The summed E-state index contributed by atoms with van der Waals surface area (Å²) in [6.07, 6.45) is 7.23. The Morgan fingerprint density at radius 3 is 2.67 bits per heavy atom. The summed E-state index contributed by atoms with van der Waals surface area (Å²) in [7, 11) is 4.31. The van der Waals surface area contributed by atoms with Crippen molar-refractivity contribution in [2.24, 2.45) is 5.92 Å². The highest BCUT2D eigenvalue weighted by molar-refractivity contribution is 4.93. The number of rotatable bonds is 4. The molecule has 0 aromatic heterocycles. The SMILES string of the molecule is CCC1CCC(O)C(N2CCCC2CN(C)C)C1. The van der Waals surface area contributed by atoms with E-state index in [-0.39, 0.29) is 6.10 Å². The van der Waals surface area contributed by atoms with E-state index >= 15 is 0 Å². The molecule has 0 radical (unpaired) electrons. The zero-order valence-corrected chi connectivity index (χ0v) is 12.3. The minimum atomic E-state index is -0.0874. The lowest BCUT2D eigenvalue weighted by Crippen LogP contribution is -2.51. The van der Waals surface area contributed by atoms with Crippen LogP contribution in [0.4, 0.5) is 0 Å². The lowest BCUT2D eigenvalue weighted by atomic mass is 9.81. The van der Waals surface area contributed by atoms with Gasteiger partial charge < -0.3 is 10.0 Å². The largest absolute Gasteiger partial charge is 0.391 e. The fourth-order valence-electron chi connectivity index (χ4n) is 3.85. The van der Waals surface area contributed by atoms with E-state index < -0.39 is 0 Å². The molecular formula is C15H30N2O. The second-order valence-electron chi connectivity index (χ2n) is 6.52. The van der Waals surface area contributed by atoms with Gasteiger partial charge in [-0.2, -0.15) is 0 Å². The molecule has 4 atom stereocenters. The molecule has 0 aromatic rings. The number of aliphatic hydroxyl groups excluding tert-OH is 1. The molecule has 1 saturated heterocycles. The van der Waals surface area contributed by atoms with Crippen molar-refractivity contribution in [3.05, 3.63) is 0 Å². The molecular weight excluding hydrogens is 224 g/mol. The Morgan fingerprint density at radius 1 is 1.22 bits per heavy atom. The quantitative estimate of drug-likeness (QED) is 0.831. The Labute approximate surface area is 112 Å². The molecule has 2 rings (SSSR count). The van der Waals surface area contributed by atoms with Crippen molar-refractivity contribution < 1.29 is 5.11 Å². The van der Waals surface area contributed by atoms with E-state index in [1.165, 1.54) is 38.6 Å². The molecule has 0 amide bonds. The Kier molecular flexibility index (Phi) is 5.05. The molecule has 0 aromatic carbocycles. The Balaban J connectivity index is 1.99. The summed E-state index contributed by atoms with van der Waals surface area (Å²) in [5, 5.41) is 10.3. The van der Waals surface area contributed by atoms with Crippen LogP contribution in [-0.2, 0) is 0 Å². The van der Waals surface area contributed by atoms with Crippen LogP contribution in [0.15, 0.2) is 0 Å². The van der Waals surface area contributed by atoms with Crippen LogP contribution in [0.3, 0.4) is 0 Å². The first-order chi connectivity index (χ1) is 8.61. The van der Waals surface area contributed by atoms with E-state index in [2.05, 4.69) is 30.8 Å². The number of likely N-dealkylation sites (tertiary alicyclic amines) is 1. The van der Waals surface area contributed by atoms with Crippen LogP contribution in [0.2, 0.25) is 0 Å². The van der Waals surface area contributed by atoms with Gasteiger partial charge in [0.15, 0.2) is 0 Å². The van der Waals surface area contributed by atoms with Gasteiger partial charge in [0.1, 0.15) is 0 Å². The molecule has 3 nitrogen and oxygen atoms in total. The summed E-state index contributed by atoms with van der Waals surface area (Å²) < 4.78 is 0. The number of nitrogens with zero attached hydrogens (tertiary/aromatic N) is 2. The first-order valence-corrected chi connectivity index (χ1v) is 7.70. The van der Waals surface area contributed by atoms with E-state index in [9.17, 15) is 5.11 Å². The van der Waals surface area contributed by atoms with Crippen molar-refractivity contribution in [1.82, 2.24) is 9.80 Å². The van der Waals surface area contributed by atoms with Crippen molar-refractivity contribution >= 4 is 0 Å². The standard InChI is InChI=1S/C15H30N2O/c1-4-12-7-8-15(18)14(10-12)17-9-5-6-13(17)11-16(2)3/h12-15,18H,4-11H2,1-3H3. The molecule has 1 aliphatic heterocycles. The van der Waals surface area contributed by atoms with E-state index in [4.69, 9.17) is 0 Å². The van der Waals surface area contributed by atoms with E-state index in [1.54, 1.807) is 0 Å². The van der Waals surface area contributed by atoms with Gasteiger partial charge in [-0.05, 0) is 58.7 Å². The van der Waals surface area contributed by atoms with Crippen LogP contribution in [0.5, 0.6) is 0 Å². The second kappa shape index (κ2) is 6.36. The monoisotopic (exact) mass is 254 g/mol. The lowest BCUT2D eigenvalue weighted by molar-refractivity contribution is -0.00676. The van der Waals surface area contributed by atoms with Gasteiger partial charge in [0, 0.05) is 18.6 Å². The third-order valence-corrected chi connectivity index (χ3v) is 4.89. The summed E-state index contributed by atoms with van der Waals surface area (Å²) in [6, 6.07) is 1.09. The van der Waals surface area contributed by atoms with Gasteiger partial charge in [-0.25, -0.2) is 0 Å². The average Bonchev–Trinajstić information content (AvgIpc) is 2.77. The predicted molar refractivity (Wildman–Crippen MR) is 75.7 cm³/mol. The van der Waals surface area contributed by atoms with Crippen LogP contribution < -0.4 is 0 Å². The third kappa shape index (κ3) is 3.25.